The summed E-state index contributed by atoms with van der Waals surface area (Å²) < 4.78 is 3.89. The van der Waals surface area contributed by atoms with Crippen molar-refractivity contribution < 1.29 is 4.79 Å². The second-order valence-corrected chi connectivity index (χ2v) is 5.38. The summed E-state index contributed by atoms with van der Waals surface area (Å²) in [4.78, 5) is 13.1. The van der Waals surface area contributed by atoms with Crippen LogP contribution in [-0.2, 0) is 6.42 Å². The van der Waals surface area contributed by atoms with Crippen LogP contribution in [0.2, 0.25) is 0 Å². The van der Waals surface area contributed by atoms with Crippen molar-refractivity contribution in [2.24, 2.45) is 5.92 Å². The van der Waals surface area contributed by atoms with Crippen LogP contribution in [0.25, 0.3) is 0 Å². The lowest BCUT2D eigenvalue weighted by molar-refractivity contribution is 0.0968. The number of aromatic nitrogens is 2. The number of rotatable bonds is 4. The van der Waals surface area contributed by atoms with E-state index in [9.17, 15) is 4.79 Å². The van der Waals surface area contributed by atoms with E-state index in [1.54, 1.807) is 0 Å². The normalized spacial score (nSPS) is 21.8. The van der Waals surface area contributed by atoms with E-state index >= 15 is 0 Å². The molecule has 0 aliphatic heterocycles. The van der Waals surface area contributed by atoms with Crippen molar-refractivity contribution in [1.82, 2.24) is 9.59 Å². The summed E-state index contributed by atoms with van der Waals surface area (Å²) in [6, 6.07) is 10.3. The van der Waals surface area contributed by atoms with Crippen molar-refractivity contribution in [2.45, 2.75) is 25.7 Å². The summed E-state index contributed by atoms with van der Waals surface area (Å²) in [6.45, 7) is 2.01. The molecule has 1 aromatic carbocycles. The molecule has 2 aromatic rings. The zero-order valence-electron chi connectivity index (χ0n) is 10.2. The van der Waals surface area contributed by atoms with Gasteiger partial charge in [0.25, 0.3) is 0 Å². The van der Waals surface area contributed by atoms with Crippen LogP contribution in [0, 0.1) is 5.92 Å². The molecule has 1 fully saturated rings. The maximum atomic E-state index is 12.4. The molecule has 1 aliphatic rings. The van der Waals surface area contributed by atoms with Gasteiger partial charge in [-0.05, 0) is 35.9 Å². The molecule has 1 aliphatic carbocycles. The van der Waals surface area contributed by atoms with Crippen LogP contribution in [-0.4, -0.2) is 15.4 Å². The van der Waals surface area contributed by atoms with Crippen LogP contribution in [0.5, 0.6) is 0 Å². The molecule has 0 spiro atoms. The van der Waals surface area contributed by atoms with Crippen molar-refractivity contribution in [1.29, 1.82) is 0 Å². The molecule has 0 amide bonds. The first-order valence-corrected chi connectivity index (χ1v) is 6.99. The third kappa shape index (κ3) is 1.97. The standard InChI is InChI=1S/C14H14N2OS/c1-2-12-14(18-16-15-12)13(17)11-8-10(11)9-6-4-3-5-7-9/h3-7,10-11H,2,8H2,1H3. The average molecular weight is 258 g/mol. The summed E-state index contributed by atoms with van der Waals surface area (Å²) in [5.41, 5.74) is 2.12. The zero-order valence-corrected chi connectivity index (χ0v) is 11.0. The van der Waals surface area contributed by atoms with Crippen LogP contribution >= 0.6 is 11.5 Å². The molecule has 1 aromatic heterocycles. The summed E-state index contributed by atoms with van der Waals surface area (Å²) in [5.74, 6) is 0.765. The second-order valence-electron chi connectivity index (χ2n) is 4.63. The summed E-state index contributed by atoms with van der Waals surface area (Å²) in [5, 5.41) is 4.01. The van der Waals surface area contributed by atoms with E-state index in [0.717, 1.165) is 23.4 Å². The van der Waals surface area contributed by atoms with Gasteiger partial charge in [-0.2, -0.15) is 0 Å². The average Bonchev–Trinajstić information content (AvgIpc) is 3.08. The molecular weight excluding hydrogens is 244 g/mol. The van der Waals surface area contributed by atoms with Crippen molar-refractivity contribution in [3.05, 3.63) is 46.5 Å². The smallest absolute Gasteiger partial charge is 0.180 e. The van der Waals surface area contributed by atoms with Gasteiger partial charge in [0.15, 0.2) is 5.78 Å². The first kappa shape index (κ1) is 11.5. The number of nitrogens with zero attached hydrogens (tertiary/aromatic N) is 2. The Morgan fingerprint density at radius 2 is 2.17 bits per heavy atom. The maximum absolute atomic E-state index is 12.4. The van der Waals surface area contributed by atoms with Gasteiger partial charge in [-0.3, -0.25) is 4.79 Å². The molecule has 0 bridgehead atoms. The first-order chi connectivity index (χ1) is 8.81. The Morgan fingerprint density at radius 1 is 1.39 bits per heavy atom. The van der Waals surface area contributed by atoms with Gasteiger partial charge in [-0.1, -0.05) is 41.7 Å². The fourth-order valence-corrected chi connectivity index (χ4v) is 3.10. The molecule has 92 valence electrons. The summed E-state index contributed by atoms with van der Waals surface area (Å²) in [7, 11) is 0. The van der Waals surface area contributed by atoms with Gasteiger partial charge < -0.3 is 0 Å². The van der Waals surface area contributed by atoms with Crippen LogP contribution in [0.1, 0.15) is 40.2 Å². The lowest BCUT2D eigenvalue weighted by Gasteiger charge is -1.99. The molecule has 18 heavy (non-hydrogen) atoms. The Kier molecular flexibility index (Phi) is 2.96. The van der Waals surface area contributed by atoms with Crippen LogP contribution in [0.15, 0.2) is 30.3 Å². The number of hydrogen-bond acceptors (Lipinski definition) is 4. The number of benzene rings is 1. The molecule has 4 heteroatoms. The number of carbonyl (C=O) groups excluding carboxylic acids is 1. The van der Waals surface area contributed by atoms with E-state index in [4.69, 9.17) is 0 Å². The topological polar surface area (TPSA) is 42.9 Å². The van der Waals surface area contributed by atoms with Crippen molar-refractivity contribution in [2.75, 3.05) is 0 Å². The highest BCUT2D eigenvalue weighted by atomic mass is 32.1. The van der Waals surface area contributed by atoms with E-state index in [1.807, 2.05) is 25.1 Å². The molecule has 3 nitrogen and oxygen atoms in total. The highest BCUT2D eigenvalue weighted by Crippen LogP contribution is 2.49. The molecular formula is C14H14N2OS. The first-order valence-electron chi connectivity index (χ1n) is 6.21. The lowest BCUT2D eigenvalue weighted by atomic mass is 10.1. The van der Waals surface area contributed by atoms with E-state index in [2.05, 4.69) is 21.7 Å². The molecule has 0 saturated heterocycles. The van der Waals surface area contributed by atoms with Gasteiger partial charge in [0.1, 0.15) is 4.88 Å². The fraction of sp³-hybridized carbons (Fsp3) is 0.357. The number of ketones is 1. The van der Waals surface area contributed by atoms with Gasteiger partial charge in [-0.15, -0.1) is 5.10 Å². The Bertz CT molecular complexity index is 564. The monoisotopic (exact) mass is 258 g/mol. The quantitative estimate of drug-likeness (QED) is 0.791. The minimum atomic E-state index is 0.139. The molecule has 1 heterocycles. The number of Topliss-reactive ketones (excluding diaryl/α,β-unsaturated/α-hetero) is 1. The highest BCUT2D eigenvalue weighted by molar-refractivity contribution is 7.08. The molecule has 3 rings (SSSR count). The van der Waals surface area contributed by atoms with Gasteiger partial charge in [0.2, 0.25) is 0 Å². The predicted molar refractivity (Wildman–Crippen MR) is 70.9 cm³/mol. The summed E-state index contributed by atoms with van der Waals surface area (Å²) >= 11 is 1.24. The lowest BCUT2D eigenvalue weighted by Crippen LogP contribution is -2.04. The molecule has 2 atom stereocenters. The van der Waals surface area contributed by atoms with E-state index in [-0.39, 0.29) is 11.7 Å². The third-order valence-corrected chi connectivity index (χ3v) is 4.25. The molecule has 0 radical (unpaired) electrons. The van der Waals surface area contributed by atoms with Crippen LogP contribution in [0.3, 0.4) is 0 Å². The van der Waals surface area contributed by atoms with Gasteiger partial charge in [-0.25, -0.2) is 0 Å². The van der Waals surface area contributed by atoms with E-state index < -0.39 is 0 Å². The molecule has 1 saturated carbocycles. The van der Waals surface area contributed by atoms with E-state index in [1.165, 1.54) is 17.1 Å². The molecule has 2 unspecified atom stereocenters. The Morgan fingerprint density at radius 3 is 2.89 bits per heavy atom. The van der Waals surface area contributed by atoms with Gasteiger partial charge in [0, 0.05) is 5.92 Å². The van der Waals surface area contributed by atoms with Crippen LogP contribution < -0.4 is 0 Å². The van der Waals surface area contributed by atoms with Crippen molar-refractivity contribution in [3.8, 4) is 0 Å². The second kappa shape index (κ2) is 4.61. The minimum Gasteiger partial charge on any atom is -0.293 e. The highest BCUT2D eigenvalue weighted by Gasteiger charge is 2.45. The third-order valence-electron chi connectivity index (χ3n) is 3.47. The molecule has 0 N–H and O–H groups in total. The van der Waals surface area contributed by atoms with Crippen molar-refractivity contribution in [3.63, 3.8) is 0 Å². The summed E-state index contributed by atoms with van der Waals surface area (Å²) in [6.07, 6.45) is 1.74. The number of aryl methyl sites for hydroxylation is 1. The zero-order chi connectivity index (χ0) is 12.5. The minimum absolute atomic E-state index is 0.139. The number of carbonyl (C=O) groups is 1. The SMILES string of the molecule is CCc1nnsc1C(=O)C1CC1c1ccccc1. The van der Waals surface area contributed by atoms with E-state index in [0.29, 0.717) is 5.92 Å². The largest absolute Gasteiger partial charge is 0.293 e. The van der Waals surface area contributed by atoms with Crippen molar-refractivity contribution >= 4 is 17.3 Å². The maximum Gasteiger partial charge on any atom is 0.180 e. The van der Waals surface area contributed by atoms with Gasteiger partial charge >= 0.3 is 0 Å². The predicted octanol–water partition coefficient (Wildman–Crippen LogP) is 3.09. The number of hydrogen-bond donors (Lipinski definition) is 0. The Balaban J connectivity index is 1.77. The Hall–Kier alpha value is -1.55. The van der Waals surface area contributed by atoms with Gasteiger partial charge in [0.05, 0.1) is 5.69 Å². The van der Waals surface area contributed by atoms with Crippen LogP contribution in [0.4, 0.5) is 0 Å². The fourth-order valence-electron chi connectivity index (χ4n) is 2.35. The Labute approximate surface area is 110 Å².